The van der Waals surface area contributed by atoms with Gasteiger partial charge in [-0.15, -0.1) is 0 Å². The average Bonchev–Trinajstić information content (AvgIpc) is 3.15. The summed E-state index contributed by atoms with van der Waals surface area (Å²) >= 11 is 5.23. The van der Waals surface area contributed by atoms with Gasteiger partial charge in [-0.25, -0.2) is 4.98 Å². The summed E-state index contributed by atoms with van der Waals surface area (Å²) in [5, 5.41) is 3.24. The van der Waals surface area contributed by atoms with E-state index >= 15 is 0 Å². The van der Waals surface area contributed by atoms with Crippen molar-refractivity contribution in [2.75, 3.05) is 12.0 Å². The molecule has 31 heavy (non-hydrogen) atoms. The number of halogens is 1. The summed E-state index contributed by atoms with van der Waals surface area (Å²) in [7, 11) is 0. The minimum atomic E-state index is -0.185. The van der Waals surface area contributed by atoms with Gasteiger partial charge in [0.15, 0.2) is 0 Å². The third-order valence-electron chi connectivity index (χ3n) is 5.18. The SMILES string of the molecule is CSCC[C@@H](NC(=O)c1cccc(Br)c1)c1nc2ccccc2n1Cc1ccccc1. The van der Waals surface area contributed by atoms with Gasteiger partial charge in [0.05, 0.1) is 17.1 Å². The number of amides is 1. The van der Waals surface area contributed by atoms with Crippen LogP contribution >= 0.6 is 27.7 Å². The summed E-state index contributed by atoms with van der Waals surface area (Å²) < 4.78 is 3.12. The van der Waals surface area contributed by atoms with Crippen LogP contribution in [0.15, 0.2) is 83.3 Å². The number of nitrogens with zero attached hydrogens (tertiary/aromatic N) is 2. The summed E-state index contributed by atoms with van der Waals surface area (Å²) in [6, 6.07) is 25.8. The fourth-order valence-electron chi connectivity index (χ4n) is 3.67. The number of thioether (sulfide) groups is 1. The lowest BCUT2D eigenvalue weighted by molar-refractivity contribution is 0.0933. The monoisotopic (exact) mass is 493 g/mol. The number of nitrogens with one attached hydrogen (secondary N) is 1. The molecule has 0 saturated carbocycles. The van der Waals surface area contributed by atoms with Crippen molar-refractivity contribution in [2.45, 2.75) is 19.0 Å². The molecule has 4 nitrogen and oxygen atoms in total. The number of benzene rings is 3. The lowest BCUT2D eigenvalue weighted by Gasteiger charge is -2.20. The van der Waals surface area contributed by atoms with E-state index in [2.05, 4.69) is 50.3 Å². The molecule has 3 aromatic carbocycles. The van der Waals surface area contributed by atoms with Crippen molar-refractivity contribution >= 4 is 44.6 Å². The first kappa shape index (κ1) is 21.7. The maximum Gasteiger partial charge on any atom is 0.251 e. The standard InChI is InChI=1S/C25H24BrN3OS/c1-31-15-14-22(28-25(30)19-10-7-11-20(26)16-19)24-27-21-12-5-6-13-23(21)29(24)17-18-8-3-2-4-9-18/h2-13,16,22H,14-15,17H2,1H3,(H,28,30)/t22-/m1/s1. The van der Waals surface area contributed by atoms with Gasteiger partial charge in [0.1, 0.15) is 5.82 Å². The molecule has 1 atom stereocenters. The zero-order valence-electron chi connectivity index (χ0n) is 17.3. The summed E-state index contributed by atoms with van der Waals surface area (Å²) in [6.07, 6.45) is 2.89. The number of rotatable bonds is 8. The fraction of sp³-hybridized carbons (Fsp3) is 0.200. The van der Waals surface area contributed by atoms with Gasteiger partial charge in [-0.05, 0) is 54.3 Å². The minimum absolute atomic E-state index is 0.0919. The normalized spacial score (nSPS) is 12.1. The van der Waals surface area contributed by atoms with E-state index in [1.54, 1.807) is 11.8 Å². The maximum atomic E-state index is 13.1. The van der Waals surface area contributed by atoms with Gasteiger partial charge in [0, 0.05) is 16.6 Å². The fourth-order valence-corrected chi connectivity index (χ4v) is 4.54. The molecule has 0 aliphatic heterocycles. The zero-order valence-corrected chi connectivity index (χ0v) is 19.7. The predicted octanol–water partition coefficient (Wildman–Crippen LogP) is 6.07. The second-order valence-corrected chi connectivity index (χ2v) is 9.25. The van der Waals surface area contributed by atoms with Gasteiger partial charge in [-0.2, -0.15) is 11.8 Å². The summed E-state index contributed by atoms with van der Waals surface area (Å²) in [6.45, 7) is 0.708. The molecule has 0 aliphatic carbocycles. The average molecular weight is 494 g/mol. The molecule has 0 fully saturated rings. The lowest BCUT2D eigenvalue weighted by atomic mass is 10.1. The molecule has 4 rings (SSSR count). The molecule has 0 saturated heterocycles. The number of fused-ring (bicyclic) bond motifs is 1. The lowest BCUT2D eigenvalue weighted by Crippen LogP contribution is -2.31. The zero-order chi connectivity index (χ0) is 21.6. The first-order valence-corrected chi connectivity index (χ1v) is 12.4. The van der Waals surface area contributed by atoms with Gasteiger partial charge in [0.2, 0.25) is 0 Å². The number of aromatic nitrogens is 2. The summed E-state index contributed by atoms with van der Waals surface area (Å²) in [5.74, 6) is 1.73. The summed E-state index contributed by atoms with van der Waals surface area (Å²) in [4.78, 5) is 18.0. The van der Waals surface area contributed by atoms with Crippen LogP contribution in [0, 0.1) is 0 Å². The van der Waals surface area contributed by atoms with E-state index in [4.69, 9.17) is 4.98 Å². The number of carbonyl (C=O) groups excluding carboxylic acids is 1. The Hall–Kier alpha value is -2.57. The van der Waals surface area contributed by atoms with E-state index < -0.39 is 0 Å². The van der Waals surface area contributed by atoms with Crippen LogP contribution in [-0.4, -0.2) is 27.5 Å². The van der Waals surface area contributed by atoms with Crippen molar-refractivity contribution in [3.63, 3.8) is 0 Å². The Labute approximate surface area is 195 Å². The Bertz CT molecular complexity index is 1180. The first-order valence-electron chi connectivity index (χ1n) is 10.2. The van der Waals surface area contributed by atoms with E-state index in [-0.39, 0.29) is 11.9 Å². The van der Waals surface area contributed by atoms with Crippen LogP contribution < -0.4 is 5.32 Å². The molecule has 0 radical (unpaired) electrons. The Morgan fingerprint density at radius 3 is 2.61 bits per heavy atom. The molecule has 6 heteroatoms. The van der Waals surface area contributed by atoms with E-state index in [0.29, 0.717) is 12.1 Å². The van der Waals surface area contributed by atoms with E-state index in [9.17, 15) is 4.79 Å². The van der Waals surface area contributed by atoms with Crippen LogP contribution in [0.4, 0.5) is 0 Å². The highest BCUT2D eigenvalue weighted by Crippen LogP contribution is 2.26. The molecule has 1 amide bonds. The Balaban J connectivity index is 1.72. The largest absolute Gasteiger partial charge is 0.342 e. The summed E-state index contributed by atoms with van der Waals surface area (Å²) in [5.41, 5.74) is 3.86. The predicted molar refractivity (Wildman–Crippen MR) is 133 cm³/mol. The second-order valence-electron chi connectivity index (χ2n) is 7.35. The van der Waals surface area contributed by atoms with Crippen molar-refractivity contribution in [2.24, 2.45) is 0 Å². The van der Waals surface area contributed by atoms with Crippen LogP contribution in [0.2, 0.25) is 0 Å². The molecule has 1 heterocycles. The number of hydrogen-bond donors (Lipinski definition) is 1. The van der Waals surface area contributed by atoms with Crippen molar-refractivity contribution in [3.8, 4) is 0 Å². The Morgan fingerprint density at radius 1 is 1.06 bits per heavy atom. The Morgan fingerprint density at radius 2 is 1.84 bits per heavy atom. The topological polar surface area (TPSA) is 46.9 Å². The molecular weight excluding hydrogens is 470 g/mol. The van der Waals surface area contributed by atoms with Gasteiger partial charge < -0.3 is 9.88 Å². The Kier molecular flexibility index (Phi) is 7.10. The molecule has 4 aromatic rings. The first-order chi connectivity index (χ1) is 15.2. The van der Waals surface area contributed by atoms with E-state index in [0.717, 1.165) is 33.5 Å². The van der Waals surface area contributed by atoms with Crippen LogP contribution in [0.3, 0.4) is 0 Å². The smallest absolute Gasteiger partial charge is 0.251 e. The van der Waals surface area contributed by atoms with Gasteiger partial charge in [-0.1, -0.05) is 64.5 Å². The second kappa shape index (κ2) is 10.2. The van der Waals surface area contributed by atoms with E-state index in [1.165, 1.54) is 5.56 Å². The van der Waals surface area contributed by atoms with Crippen LogP contribution in [0.25, 0.3) is 11.0 Å². The van der Waals surface area contributed by atoms with Gasteiger partial charge >= 0.3 is 0 Å². The molecule has 158 valence electrons. The molecular formula is C25H24BrN3OS. The van der Waals surface area contributed by atoms with Crippen molar-refractivity contribution in [1.82, 2.24) is 14.9 Å². The van der Waals surface area contributed by atoms with Crippen molar-refractivity contribution in [3.05, 3.63) is 100 Å². The van der Waals surface area contributed by atoms with Crippen molar-refractivity contribution < 1.29 is 4.79 Å². The molecule has 1 aromatic heterocycles. The molecule has 0 unspecified atom stereocenters. The number of hydrogen-bond acceptors (Lipinski definition) is 3. The number of carbonyl (C=O) groups is 1. The van der Waals surface area contributed by atoms with Crippen LogP contribution in [0.5, 0.6) is 0 Å². The number of para-hydroxylation sites is 2. The molecule has 0 aliphatic rings. The van der Waals surface area contributed by atoms with E-state index in [1.807, 2.05) is 60.7 Å². The molecule has 0 spiro atoms. The highest BCUT2D eigenvalue weighted by Gasteiger charge is 2.23. The van der Waals surface area contributed by atoms with Crippen LogP contribution in [-0.2, 0) is 6.54 Å². The molecule has 1 N–H and O–H groups in total. The van der Waals surface area contributed by atoms with Gasteiger partial charge in [0.25, 0.3) is 5.91 Å². The molecule has 0 bridgehead atoms. The maximum absolute atomic E-state index is 13.1. The highest BCUT2D eigenvalue weighted by molar-refractivity contribution is 9.10. The van der Waals surface area contributed by atoms with Crippen molar-refractivity contribution in [1.29, 1.82) is 0 Å². The number of imidazole rings is 1. The van der Waals surface area contributed by atoms with Crippen LogP contribution in [0.1, 0.15) is 34.2 Å². The quantitative estimate of drug-likeness (QED) is 0.323. The third kappa shape index (κ3) is 5.20. The van der Waals surface area contributed by atoms with Gasteiger partial charge in [-0.3, -0.25) is 4.79 Å². The highest BCUT2D eigenvalue weighted by atomic mass is 79.9. The minimum Gasteiger partial charge on any atom is -0.342 e. The third-order valence-corrected chi connectivity index (χ3v) is 6.32.